The van der Waals surface area contributed by atoms with Crippen LogP contribution in [0.2, 0.25) is 0 Å². The molecule has 1 amide bonds. The van der Waals surface area contributed by atoms with Crippen molar-refractivity contribution < 1.29 is 13.2 Å². The quantitative estimate of drug-likeness (QED) is 0.564. The van der Waals surface area contributed by atoms with Crippen LogP contribution in [-0.2, 0) is 16.6 Å². The standard InChI is InChI=1S/C22H25N3O3S2/c1-4-25(16-17-7-13-20(14-8-17)24(2)3)22(26)18-9-11-19(12-10-18)23-30(27,28)21-6-5-15-29-21/h5-15,23H,4,16H2,1-3H3. The van der Waals surface area contributed by atoms with Gasteiger partial charge in [0.05, 0.1) is 0 Å². The van der Waals surface area contributed by atoms with Crippen LogP contribution in [0.4, 0.5) is 11.4 Å². The molecule has 1 heterocycles. The van der Waals surface area contributed by atoms with Crippen molar-refractivity contribution >= 4 is 38.6 Å². The van der Waals surface area contributed by atoms with E-state index in [4.69, 9.17) is 0 Å². The van der Waals surface area contributed by atoms with E-state index >= 15 is 0 Å². The molecule has 0 radical (unpaired) electrons. The van der Waals surface area contributed by atoms with Gasteiger partial charge in [-0.05, 0) is 60.3 Å². The van der Waals surface area contributed by atoms with Crippen molar-refractivity contribution in [1.29, 1.82) is 0 Å². The van der Waals surface area contributed by atoms with Crippen LogP contribution in [0.5, 0.6) is 0 Å². The first-order valence-electron chi connectivity index (χ1n) is 9.52. The maximum atomic E-state index is 12.9. The Kier molecular flexibility index (Phi) is 6.79. The van der Waals surface area contributed by atoms with Crippen molar-refractivity contribution in [3.05, 3.63) is 77.2 Å². The molecule has 0 aliphatic heterocycles. The smallest absolute Gasteiger partial charge is 0.271 e. The van der Waals surface area contributed by atoms with Gasteiger partial charge in [-0.3, -0.25) is 9.52 Å². The summed E-state index contributed by atoms with van der Waals surface area (Å²) in [6.45, 7) is 3.02. The lowest BCUT2D eigenvalue weighted by Crippen LogP contribution is -2.30. The zero-order valence-corrected chi connectivity index (χ0v) is 18.8. The van der Waals surface area contributed by atoms with Crippen LogP contribution < -0.4 is 9.62 Å². The van der Waals surface area contributed by atoms with Gasteiger partial charge < -0.3 is 9.80 Å². The highest BCUT2D eigenvalue weighted by Crippen LogP contribution is 2.21. The third-order valence-corrected chi connectivity index (χ3v) is 7.42. The first-order valence-corrected chi connectivity index (χ1v) is 11.9. The number of hydrogen-bond donors (Lipinski definition) is 1. The molecule has 30 heavy (non-hydrogen) atoms. The van der Waals surface area contributed by atoms with Gasteiger partial charge in [0.2, 0.25) is 0 Å². The highest BCUT2D eigenvalue weighted by molar-refractivity contribution is 7.94. The molecule has 1 aromatic heterocycles. The minimum Gasteiger partial charge on any atom is -0.378 e. The molecular formula is C22H25N3O3S2. The predicted octanol–water partition coefficient (Wildman–Crippen LogP) is 4.28. The summed E-state index contributed by atoms with van der Waals surface area (Å²) in [5.41, 5.74) is 3.09. The highest BCUT2D eigenvalue weighted by Gasteiger charge is 2.17. The molecule has 0 saturated carbocycles. The molecule has 158 valence electrons. The van der Waals surface area contributed by atoms with Crippen LogP contribution in [0.15, 0.2) is 70.3 Å². The summed E-state index contributed by atoms with van der Waals surface area (Å²) in [5.74, 6) is -0.0955. The average Bonchev–Trinajstić information content (AvgIpc) is 3.28. The lowest BCUT2D eigenvalue weighted by Gasteiger charge is -2.22. The topological polar surface area (TPSA) is 69.7 Å². The van der Waals surface area contributed by atoms with E-state index in [1.54, 1.807) is 46.7 Å². The summed E-state index contributed by atoms with van der Waals surface area (Å²) < 4.78 is 27.4. The van der Waals surface area contributed by atoms with Crippen molar-refractivity contribution in [2.45, 2.75) is 17.7 Å². The second kappa shape index (κ2) is 9.32. The van der Waals surface area contributed by atoms with Gasteiger partial charge in [-0.1, -0.05) is 18.2 Å². The Labute approximate surface area is 181 Å². The number of thiophene rings is 1. The Balaban J connectivity index is 1.69. The number of amides is 1. The van der Waals surface area contributed by atoms with Crippen LogP contribution in [0.3, 0.4) is 0 Å². The number of benzene rings is 2. The van der Waals surface area contributed by atoms with Gasteiger partial charge >= 0.3 is 0 Å². The molecule has 0 unspecified atom stereocenters. The third-order valence-electron chi connectivity index (χ3n) is 4.64. The first kappa shape index (κ1) is 21.9. The summed E-state index contributed by atoms with van der Waals surface area (Å²) in [4.78, 5) is 16.7. The van der Waals surface area contributed by atoms with E-state index < -0.39 is 10.0 Å². The average molecular weight is 444 g/mol. The number of sulfonamides is 1. The number of hydrogen-bond acceptors (Lipinski definition) is 5. The molecule has 3 rings (SSSR count). The Morgan fingerprint density at radius 3 is 2.20 bits per heavy atom. The molecule has 0 aliphatic rings. The summed E-state index contributed by atoms with van der Waals surface area (Å²) in [6.07, 6.45) is 0. The zero-order valence-electron chi connectivity index (χ0n) is 17.2. The summed E-state index contributed by atoms with van der Waals surface area (Å²) in [5, 5.41) is 1.71. The van der Waals surface area contributed by atoms with Gasteiger partial charge in [0.15, 0.2) is 0 Å². The summed E-state index contributed by atoms with van der Waals surface area (Å²) >= 11 is 1.15. The first-order chi connectivity index (χ1) is 14.3. The molecule has 1 N–H and O–H groups in total. The van der Waals surface area contributed by atoms with Gasteiger partial charge in [-0.25, -0.2) is 8.42 Å². The Hall–Kier alpha value is -2.84. The van der Waals surface area contributed by atoms with E-state index in [1.165, 1.54) is 0 Å². The van der Waals surface area contributed by atoms with Gasteiger partial charge in [-0.15, -0.1) is 11.3 Å². The SMILES string of the molecule is CCN(Cc1ccc(N(C)C)cc1)C(=O)c1ccc(NS(=O)(=O)c2cccs2)cc1. The second-order valence-corrected chi connectivity index (χ2v) is 9.85. The molecule has 0 bridgehead atoms. The largest absolute Gasteiger partial charge is 0.378 e. The fourth-order valence-corrected chi connectivity index (χ4v) is 4.98. The fraction of sp³-hybridized carbons (Fsp3) is 0.227. The molecule has 0 spiro atoms. The molecule has 2 aromatic carbocycles. The normalized spacial score (nSPS) is 11.2. The van der Waals surface area contributed by atoms with Gasteiger partial charge in [0.25, 0.3) is 15.9 Å². The van der Waals surface area contributed by atoms with Crippen molar-refractivity contribution in [1.82, 2.24) is 4.90 Å². The monoisotopic (exact) mass is 443 g/mol. The van der Waals surface area contributed by atoms with E-state index in [9.17, 15) is 13.2 Å². The van der Waals surface area contributed by atoms with Gasteiger partial charge in [-0.2, -0.15) is 0 Å². The maximum Gasteiger partial charge on any atom is 0.271 e. The van der Waals surface area contributed by atoms with Gasteiger partial charge in [0, 0.05) is 44.1 Å². The Bertz CT molecular complexity index is 1080. The summed E-state index contributed by atoms with van der Waals surface area (Å²) in [7, 11) is 0.370. The number of nitrogens with zero attached hydrogens (tertiary/aromatic N) is 2. The Morgan fingerprint density at radius 2 is 1.67 bits per heavy atom. The molecule has 6 nitrogen and oxygen atoms in total. The van der Waals surface area contributed by atoms with Crippen LogP contribution in [0, 0.1) is 0 Å². The maximum absolute atomic E-state index is 12.9. The Morgan fingerprint density at radius 1 is 1.00 bits per heavy atom. The van der Waals surface area contributed by atoms with Crippen LogP contribution >= 0.6 is 11.3 Å². The second-order valence-electron chi connectivity index (χ2n) is 7.00. The molecule has 3 aromatic rings. The molecule has 0 saturated heterocycles. The highest BCUT2D eigenvalue weighted by atomic mass is 32.2. The molecule has 8 heteroatoms. The molecule has 0 fully saturated rings. The predicted molar refractivity (Wildman–Crippen MR) is 123 cm³/mol. The van der Waals surface area contributed by atoms with E-state index in [0.29, 0.717) is 24.3 Å². The van der Waals surface area contributed by atoms with E-state index in [0.717, 1.165) is 22.6 Å². The molecule has 0 aliphatic carbocycles. The lowest BCUT2D eigenvalue weighted by atomic mass is 10.1. The zero-order chi connectivity index (χ0) is 21.7. The minimum absolute atomic E-state index is 0.0955. The van der Waals surface area contributed by atoms with Gasteiger partial charge in [0.1, 0.15) is 4.21 Å². The third kappa shape index (κ3) is 5.20. The molecule has 0 atom stereocenters. The van der Waals surface area contributed by atoms with E-state index in [-0.39, 0.29) is 10.1 Å². The fourth-order valence-electron chi connectivity index (χ4n) is 2.93. The van der Waals surface area contributed by atoms with Crippen LogP contribution in [-0.4, -0.2) is 39.9 Å². The number of nitrogens with one attached hydrogen (secondary N) is 1. The molecular weight excluding hydrogens is 418 g/mol. The lowest BCUT2D eigenvalue weighted by molar-refractivity contribution is 0.0752. The minimum atomic E-state index is -3.60. The van der Waals surface area contributed by atoms with E-state index in [1.807, 2.05) is 50.2 Å². The number of carbonyl (C=O) groups is 1. The number of carbonyl (C=O) groups excluding carboxylic acids is 1. The van der Waals surface area contributed by atoms with Crippen molar-refractivity contribution in [2.75, 3.05) is 30.3 Å². The number of rotatable bonds is 8. The van der Waals surface area contributed by atoms with Crippen LogP contribution in [0.25, 0.3) is 0 Å². The number of anilines is 2. The summed E-state index contributed by atoms with van der Waals surface area (Å²) in [6, 6.07) is 17.9. The van der Waals surface area contributed by atoms with Crippen molar-refractivity contribution in [3.8, 4) is 0 Å². The van der Waals surface area contributed by atoms with Crippen molar-refractivity contribution in [3.63, 3.8) is 0 Å². The van der Waals surface area contributed by atoms with E-state index in [2.05, 4.69) is 4.72 Å². The van der Waals surface area contributed by atoms with Crippen molar-refractivity contribution in [2.24, 2.45) is 0 Å². The van der Waals surface area contributed by atoms with Crippen LogP contribution in [0.1, 0.15) is 22.8 Å².